The number of aromatic nitrogens is 3. The number of hydrogen-bond donors (Lipinski definition) is 2. The molecule has 33 heavy (non-hydrogen) atoms. The van der Waals surface area contributed by atoms with E-state index in [9.17, 15) is 14.0 Å². The topological polar surface area (TPSA) is 106 Å². The van der Waals surface area contributed by atoms with Crippen molar-refractivity contribution in [1.82, 2.24) is 14.6 Å². The van der Waals surface area contributed by atoms with Crippen molar-refractivity contribution in [3.63, 3.8) is 0 Å². The fourth-order valence-corrected chi connectivity index (χ4v) is 3.50. The molecular weight excluding hydrogens is 436 g/mol. The number of nitrogens with one attached hydrogen (secondary N) is 2. The van der Waals surface area contributed by atoms with Gasteiger partial charge in [-0.15, -0.1) is 0 Å². The number of nitrogens with zero attached hydrogens (tertiary/aromatic N) is 3. The van der Waals surface area contributed by atoms with Crippen molar-refractivity contribution in [3.8, 4) is 40.3 Å². The van der Waals surface area contributed by atoms with Gasteiger partial charge >= 0.3 is 0 Å². The number of methoxy groups -OCH3 is 4. The Kier molecular flexibility index (Phi) is 5.66. The number of benzene rings is 2. The Morgan fingerprint density at radius 3 is 2.06 bits per heavy atom. The Morgan fingerprint density at radius 1 is 0.939 bits per heavy atom. The summed E-state index contributed by atoms with van der Waals surface area (Å²) in [6.45, 7) is 0. The van der Waals surface area contributed by atoms with Crippen molar-refractivity contribution in [2.24, 2.45) is 0 Å². The number of H-pyrrole nitrogens is 1. The molecule has 0 aliphatic rings. The molecule has 0 saturated heterocycles. The van der Waals surface area contributed by atoms with Gasteiger partial charge in [0.05, 0.1) is 28.4 Å². The van der Waals surface area contributed by atoms with Crippen LogP contribution in [0.1, 0.15) is 5.56 Å². The van der Waals surface area contributed by atoms with Gasteiger partial charge in [-0.1, -0.05) is 0 Å². The first-order valence-corrected chi connectivity index (χ1v) is 9.56. The molecule has 0 unspecified atom stereocenters. The van der Waals surface area contributed by atoms with Gasteiger partial charge in [0.2, 0.25) is 5.75 Å². The average molecular weight is 455 g/mol. The summed E-state index contributed by atoms with van der Waals surface area (Å²) in [4.78, 5) is 4.58. The minimum absolute atomic E-state index is 0.106. The van der Waals surface area contributed by atoms with Gasteiger partial charge in [0.1, 0.15) is 17.3 Å². The standard InChI is InChI=1S/C22H19F2N5O4/c1-30-16-5-11(6-17(31-2)20(16)33-4)18-22(29-21(28-18)12(9-25)10-26-29)27-13-7-14(23)19(32-3)15(24)8-13/h5-8,10,26-27H,1-4H3. The smallest absolute Gasteiger partial charge is 0.203 e. The van der Waals surface area contributed by atoms with Crippen LogP contribution in [0.4, 0.5) is 20.3 Å². The molecule has 0 aliphatic heterocycles. The van der Waals surface area contributed by atoms with Crippen molar-refractivity contribution < 1.29 is 27.7 Å². The van der Waals surface area contributed by atoms with E-state index in [-0.39, 0.29) is 11.3 Å². The number of anilines is 2. The zero-order valence-electron chi connectivity index (χ0n) is 18.1. The van der Waals surface area contributed by atoms with Crippen LogP contribution in [0.15, 0.2) is 30.5 Å². The van der Waals surface area contributed by atoms with E-state index in [0.717, 1.165) is 12.1 Å². The lowest BCUT2D eigenvalue weighted by molar-refractivity contribution is 0.324. The normalized spacial score (nSPS) is 10.7. The lowest BCUT2D eigenvalue weighted by atomic mass is 10.1. The molecule has 0 bridgehead atoms. The fourth-order valence-electron chi connectivity index (χ4n) is 3.50. The van der Waals surface area contributed by atoms with Gasteiger partial charge in [-0.25, -0.2) is 18.3 Å². The van der Waals surface area contributed by atoms with Crippen LogP contribution in [0, 0.1) is 23.0 Å². The van der Waals surface area contributed by atoms with Gasteiger partial charge in [-0.2, -0.15) is 5.26 Å². The number of imidazole rings is 1. The zero-order chi connectivity index (χ0) is 23.7. The van der Waals surface area contributed by atoms with E-state index < -0.39 is 17.4 Å². The van der Waals surface area contributed by atoms with E-state index in [0.29, 0.717) is 40.0 Å². The fraction of sp³-hybridized carbons (Fsp3) is 0.182. The Morgan fingerprint density at radius 2 is 1.55 bits per heavy atom. The number of nitriles is 1. The van der Waals surface area contributed by atoms with Crippen molar-refractivity contribution in [2.75, 3.05) is 33.8 Å². The second-order valence-electron chi connectivity index (χ2n) is 6.78. The molecular formula is C22H19F2N5O4. The van der Waals surface area contributed by atoms with Gasteiger partial charge in [0.25, 0.3) is 0 Å². The van der Waals surface area contributed by atoms with Crippen LogP contribution in [0.3, 0.4) is 0 Å². The van der Waals surface area contributed by atoms with Crippen LogP contribution in [0.2, 0.25) is 0 Å². The summed E-state index contributed by atoms with van der Waals surface area (Å²) in [5.41, 5.74) is 1.62. The van der Waals surface area contributed by atoms with Crippen molar-refractivity contribution in [3.05, 3.63) is 47.7 Å². The van der Waals surface area contributed by atoms with Gasteiger partial charge in [-0.3, -0.25) is 5.10 Å². The Balaban J connectivity index is 1.93. The molecule has 170 valence electrons. The number of fused-ring (bicyclic) bond motifs is 1. The Labute approximate surface area is 187 Å². The molecule has 2 aromatic carbocycles. The van der Waals surface area contributed by atoms with E-state index in [1.165, 1.54) is 39.2 Å². The third-order valence-corrected chi connectivity index (χ3v) is 4.98. The van der Waals surface area contributed by atoms with Gasteiger partial charge in [0.15, 0.2) is 40.3 Å². The van der Waals surface area contributed by atoms with Crippen molar-refractivity contribution in [1.29, 1.82) is 5.26 Å². The first-order valence-electron chi connectivity index (χ1n) is 9.56. The van der Waals surface area contributed by atoms with E-state index in [4.69, 9.17) is 18.9 Å². The maximum absolute atomic E-state index is 14.3. The van der Waals surface area contributed by atoms with Crippen LogP contribution in [0.5, 0.6) is 23.0 Å². The highest BCUT2D eigenvalue weighted by Crippen LogP contribution is 2.43. The SMILES string of the molecule is COc1cc(-c2nc3c(C#N)c[nH]n3c2Nc2cc(F)c(OC)c(F)c2)cc(OC)c1OC. The van der Waals surface area contributed by atoms with Crippen LogP contribution >= 0.6 is 0 Å². The second-order valence-corrected chi connectivity index (χ2v) is 6.78. The summed E-state index contributed by atoms with van der Waals surface area (Å²) in [7, 11) is 5.63. The van der Waals surface area contributed by atoms with Gasteiger partial charge < -0.3 is 24.3 Å². The predicted octanol–water partition coefficient (Wildman–Crippen LogP) is 4.26. The molecule has 0 amide bonds. The Hall–Kier alpha value is -4.46. The minimum Gasteiger partial charge on any atom is -0.493 e. The molecule has 2 N–H and O–H groups in total. The van der Waals surface area contributed by atoms with E-state index in [1.54, 1.807) is 12.1 Å². The minimum atomic E-state index is -0.876. The molecule has 0 spiro atoms. The molecule has 4 rings (SSSR count). The number of hydrogen-bond acceptors (Lipinski definition) is 7. The third-order valence-electron chi connectivity index (χ3n) is 4.98. The quantitative estimate of drug-likeness (QED) is 0.429. The molecule has 0 atom stereocenters. The summed E-state index contributed by atoms with van der Waals surface area (Å²) in [5, 5.41) is 15.3. The molecule has 2 heterocycles. The summed E-state index contributed by atoms with van der Waals surface area (Å²) < 4.78 is 51.0. The molecule has 0 aliphatic carbocycles. The summed E-state index contributed by atoms with van der Waals surface area (Å²) >= 11 is 0. The molecule has 0 fully saturated rings. The van der Waals surface area contributed by atoms with Gasteiger partial charge in [-0.05, 0) is 12.1 Å². The lowest BCUT2D eigenvalue weighted by Crippen LogP contribution is -2.01. The van der Waals surface area contributed by atoms with E-state index >= 15 is 0 Å². The van der Waals surface area contributed by atoms with Crippen molar-refractivity contribution in [2.45, 2.75) is 0 Å². The number of ether oxygens (including phenoxy) is 4. The average Bonchev–Trinajstić information content (AvgIpc) is 3.37. The first-order chi connectivity index (χ1) is 15.9. The predicted molar refractivity (Wildman–Crippen MR) is 116 cm³/mol. The van der Waals surface area contributed by atoms with Gasteiger partial charge in [0, 0.05) is 29.6 Å². The van der Waals surface area contributed by atoms with Crippen LogP contribution < -0.4 is 24.3 Å². The van der Waals surface area contributed by atoms with Crippen LogP contribution in [-0.2, 0) is 0 Å². The number of halogens is 2. The Bertz CT molecular complexity index is 1340. The number of aromatic amines is 1. The highest BCUT2D eigenvalue weighted by molar-refractivity contribution is 5.83. The molecule has 9 nitrogen and oxygen atoms in total. The summed E-state index contributed by atoms with van der Waals surface area (Å²) in [5.74, 6) is -0.758. The highest BCUT2D eigenvalue weighted by Gasteiger charge is 2.23. The molecule has 0 radical (unpaired) electrons. The second kappa shape index (κ2) is 8.58. The summed E-state index contributed by atoms with van der Waals surface area (Å²) in [6, 6.07) is 7.59. The van der Waals surface area contributed by atoms with Crippen LogP contribution in [0.25, 0.3) is 16.9 Å². The summed E-state index contributed by atoms with van der Waals surface area (Å²) in [6.07, 6.45) is 1.47. The molecule has 2 aromatic heterocycles. The molecule has 4 aromatic rings. The molecule has 11 heteroatoms. The van der Waals surface area contributed by atoms with Crippen molar-refractivity contribution >= 4 is 17.2 Å². The van der Waals surface area contributed by atoms with E-state index in [1.807, 2.05) is 0 Å². The van der Waals surface area contributed by atoms with E-state index in [2.05, 4.69) is 21.5 Å². The number of rotatable bonds is 7. The maximum atomic E-state index is 14.3. The molecule has 0 saturated carbocycles. The third kappa shape index (κ3) is 3.61. The monoisotopic (exact) mass is 455 g/mol. The highest BCUT2D eigenvalue weighted by atomic mass is 19.1. The van der Waals surface area contributed by atoms with Crippen LogP contribution in [-0.4, -0.2) is 43.0 Å². The largest absolute Gasteiger partial charge is 0.493 e. The maximum Gasteiger partial charge on any atom is 0.203 e. The first kappa shape index (κ1) is 21.8. The zero-order valence-corrected chi connectivity index (χ0v) is 18.1. The lowest BCUT2D eigenvalue weighted by Gasteiger charge is -2.15.